The van der Waals surface area contributed by atoms with Gasteiger partial charge in [0.15, 0.2) is 12.3 Å². The first-order valence-corrected chi connectivity index (χ1v) is 36.3. The molecule has 512 valence electrons. The van der Waals surface area contributed by atoms with E-state index in [0.717, 1.165) is 24.3 Å². The first kappa shape index (κ1) is 74.1. The van der Waals surface area contributed by atoms with Gasteiger partial charge < -0.3 is 53.1 Å². The van der Waals surface area contributed by atoms with Crippen molar-refractivity contribution in [1.29, 1.82) is 0 Å². The van der Waals surface area contributed by atoms with Crippen LogP contribution in [0.4, 0.5) is 11.4 Å². The summed E-state index contributed by atoms with van der Waals surface area (Å²) in [7, 11) is -22.2. The highest BCUT2D eigenvalue weighted by Gasteiger charge is 2.50. The molecule has 0 radical (unpaired) electrons. The summed E-state index contributed by atoms with van der Waals surface area (Å²) >= 11 is 0. The van der Waals surface area contributed by atoms with E-state index in [1.54, 1.807) is 61.7 Å². The van der Waals surface area contributed by atoms with Gasteiger partial charge in [0.2, 0.25) is 17.4 Å². The number of aromatic nitrogens is 1. The fourth-order valence-corrected chi connectivity index (χ4v) is 14.6. The van der Waals surface area contributed by atoms with Crippen molar-refractivity contribution in [2.45, 2.75) is 83.3 Å². The van der Waals surface area contributed by atoms with E-state index in [9.17, 15) is 79.9 Å². The summed E-state index contributed by atoms with van der Waals surface area (Å²) in [5.41, 5.74) is -0.122. The van der Waals surface area contributed by atoms with Gasteiger partial charge in [-0.2, -0.15) is 46.7 Å². The second-order valence-electron chi connectivity index (χ2n) is 22.1. The molecule has 2 aliphatic heterocycles. The Labute approximate surface area is 539 Å². The van der Waals surface area contributed by atoms with Crippen LogP contribution in [0.5, 0.6) is 11.8 Å². The zero-order chi connectivity index (χ0) is 68.3. The number of carbonyl (C=O) groups is 1. The van der Waals surface area contributed by atoms with E-state index in [1.165, 1.54) is 31.4 Å². The summed E-state index contributed by atoms with van der Waals surface area (Å²) in [6.07, 6.45) is 6.18. The number of ether oxygens (including phenoxy) is 7. The minimum atomic E-state index is -5.19. The predicted molar refractivity (Wildman–Crippen MR) is 337 cm³/mol. The number of allylic oxidation sites excluding steroid dienone is 6. The average Bonchev–Trinajstić information content (AvgIpc) is 1.60. The summed E-state index contributed by atoms with van der Waals surface area (Å²) in [4.78, 5) is 16.9. The molecule has 0 saturated carbocycles. The molecule has 2 unspecified atom stereocenters. The summed E-state index contributed by atoms with van der Waals surface area (Å²) in [5, 5.41) is 20.0. The van der Waals surface area contributed by atoms with Crippen LogP contribution in [0.2, 0.25) is 0 Å². The largest absolute Gasteiger partial charge is 0.492 e. The molecule has 2 aliphatic rings. The van der Waals surface area contributed by atoms with Gasteiger partial charge in [0.05, 0.1) is 87.0 Å². The van der Waals surface area contributed by atoms with Gasteiger partial charge in [-0.25, -0.2) is 4.79 Å². The Balaban J connectivity index is 1.40. The van der Waals surface area contributed by atoms with Crippen LogP contribution < -0.4 is 9.74 Å². The van der Waals surface area contributed by atoms with Crippen LogP contribution in [0, 0.1) is 0 Å². The number of nitrogens with zero attached hydrogens (tertiary/aromatic N) is 3. The van der Waals surface area contributed by atoms with Gasteiger partial charge in [-0.05, 0) is 105 Å². The monoisotopic (exact) mass is 1400 g/mol. The molecule has 93 heavy (non-hydrogen) atoms. The number of methoxy groups -OCH3 is 2. The highest BCUT2D eigenvalue weighted by molar-refractivity contribution is 7.87. The van der Waals surface area contributed by atoms with Gasteiger partial charge in [-0.15, -0.1) is 4.73 Å². The molecule has 0 saturated heterocycles. The van der Waals surface area contributed by atoms with E-state index in [0.29, 0.717) is 70.6 Å². The molecule has 5 aromatic rings. The van der Waals surface area contributed by atoms with Crippen molar-refractivity contribution in [2.75, 3.05) is 117 Å². The summed E-state index contributed by atoms with van der Waals surface area (Å²) < 4.78 is 221. The fourth-order valence-electron chi connectivity index (χ4n) is 11.4. The molecule has 0 fully saturated rings. The number of anilines is 1. The van der Waals surface area contributed by atoms with Gasteiger partial charge in [0.25, 0.3) is 50.6 Å². The first-order valence-electron chi connectivity index (χ1n) is 28.9. The van der Waals surface area contributed by atoms with Crippen molar-refractivity contribution in [3.63, 3.8) is 0 Å². The second kappa shape index (κ2) is 31.1. The molecule has 3 heterocycles. The maximum atomic E-state index is 13.3. The molecular formula is C59H76N3O26S5+. The third-order valence-corrected chi connectivity index (χ3v) is 19.9. The number of rotatable bonds is 37. The second-order valence-corrected chi connectivity index (χ2v) is 29.3. The molecule has 29 nitrogen and oxygen atoms in total. The molecule has 0 bridgehead atoms. The molecule has 4 aromatic carbocycles. The number of hydrogen-bond donors (Lipinski definition) is 7. The Morgan fingerprint density at radius 2 is 1.06 bits per heavy atom. The van der Waals surface area contributed by atoms with Crippen LogP contribution >= 0.6 is 0 Å². The van der Waals surface area contributed by atoms with Crippen molar-refractivity contribution in [2.24, 2.45) is 0 Å². The van der Waals surface area contributed by atoms with Crippen molar-refractivity contribution in [3.8, 4) is 11.8 Å². The van der Waals surface area contributed by atoms with E-state index < -0.39 is 104 Å². The third kappa shape index (κ3) is 18.4. The molecular weight excluding hydrogens is 1330 g/mol. The number of carbonyl (C=O) groups excluding carboxylic acids is 1. The summed E-state index contributed by atoms with van der Waals surface area (Å²) in [5.74, 6) is -2.76. The molecule has 1 aromatic heterocycles. The molecule has 34 heteroatoms. The first-order chi connectivity index (χ1) is 43.7. The third-order valence-electron chi connectivity index (χ3n) is 15.7. The minimum Gasteiger partial charge on any atom is -0.492 e. The maximum absolute atomic E-state index is 13.3. The quantitative estimate of drug-likeness (QED) is 0.0110. The molecule has 7 N–H and O–H groups in total. The zero-order valence-corrected chi connectivity index (χ0v) is 55.6. The molecule has 0 amide bonds. The van der Waals surface area contributed by atoms with E-state index in [1.807, 2.05) is 0 Å². The lowest BCUT2D eigenvalue weighted by Gasteiger charge is -2.31. The van der Waals surface area contributed by atoms with Crippen LogP contribution in [0.25, 0.3) is 21.5 Å². The Morgan fingerprint density at radius 3 is 1.57 bits per heavy atom. The van der Waals surface area contributed by atoms with Crippen LogP contribution in [-0.2, 0) is 99.4 Å². The Morgan fingerprint density at radius 1 is 0.570 bits per heavy atom. The lowest BCUT2D eigenvalue weighted by atomic mass is 9.74. The van der Waals surface area contributed by atoms with Crippen LogP contribution in [-0.4, -0.2) is 208 Å². The summed E-state index contributed by atoms with van der Waals surface area (Å²) in [6.45, 7) is 7.63. The number of aromatic hydroxyl groups is 2. The molecule has 0 spiro atoms. The zero-order valence-electron chi connectivity index (χ0n) is 51.5. The van der Waals surface area contributed by atoms with Gasteiger partial charge in [0, 0.05) is 91.2 Å². The van der Waals surface area contributed by atoms with Gasteiger partial charge >= 0.3 is 5.97 Å². The van der Waals surface area contributed by atoms with Gasteiger partial charge in [-0.3, -0.25) is 22.8 Å². The van der Waals surface area contributed by atoms with Crippen molar-refractivity contribution in [3.05, 3.63) is 107 Å². The molecule has 7 rings (SSSR count). The van der Waals surface area contributed by atoms with Crippen LogP contribution in [0.1, 0.15) is 64.0 Å². The van der Waals surface area contributed by atoms with Gasteiger partial charge in [-0.1, -0.05) is 23.8 Å². The minimum absolute atomic E-state index is 0.00104. The number of fused-ring (bicyclic) bond motifs is 6. The normalized spacial score (nSPS) is 17.8. The number of hydrogen-bond acceptors (Lipinski definition) is 22. The highest BCUT2D eigenvalue weighted by Crippen LogP contribution is 2.54. The van der Waals surface area contributed by atoms with E-state index in [-0.39, 0.29) is 132 Å². The Hall–Kier alpha value is -6.29. The van der Waals surface area contributed by atoms with Crippen molar-refractivity contribution < 1.29 is 122 Å². The van der Waals surface area contributed by atoms with Crippen molar-refractivity contribution in [1.82, 2.24) is 4.73 Å². The standard InChI is InChI=1S/C59H75N3O26S5/c1-40(9-15-51-58(2,19-7-35-89(66,67)68)56-45-36-41(90(69,70)71)38-49(92(75,76)77)43(45)12-14-48(56)61(51)22-24-84-30-32-85-27-25-81-4)10-16-52-59(3,20-23-83-29-31-87-34-33-86-28-26-82-5)57-46-37-42(91(72,73)74)39-50(93(78,79)80)44(46)11-13-47(57)60(52)21-6-8-55(65)88-62-53(63)17-18-54(62)64/h9-18,36-39H,6-8,19-35H2,1-5H3,(H6-,63,64,66,67,68,69,70,71,72,73,74,75,76,77,78,79,80)/p+1. The van der Waals surface area contributed by atoms with E-state index in [4.69, 9.17) is 38.0 Å². The topological polar surface area (TPSA) is 414 Å². The average molecular weight is 1400 g/mol. The van der Waals surface area contributed by atoms with Crippen LogP contribution in [0.3, 0.4) is 0 Å². The van der Waals surface area contributed by atoms with Crippen molar-refractivity contribution >= 4 is 95.2 Å². The Kier molecular flexibility index (Phi) is 24.8. The number of benzene rings is 4. The van der Waals surface area contributed by atoms with E-state index >= 15 is 0 Å². The molecule has 2 atom stereocenters. The highest BCUT2D eigenvalue weighted by atomic mass is 32.2. The molecule has 0 aliphatic carbocycles. The lowest BCUT2D eigenvalue weighted by molar-refractivity contribution is -0.442. The van der Waals surface area contributed by atoms with Crippen LogP contribution in [0.15, 0.2) is 116 Å². The van der Waals surface area contributed by atoms with Gasteiger partial charge in [0.1, 0.15) is 16.4 Å². The Bertz CT molecular complexity index is 4280. The predicted octanol–water partition coefficient (Wildman–Crippen LogP) is 5.58. The van der Waals surface area contributed by atoms with E-state index in [2.05, 4.69) is 0 Å². The SMILES string of the molecule is COCCOCCOCCOCCC1(C)C(=CC=C(C)C=CC2=[N+](CCOCCOCCOC)c3ccc4c(S(=O)(=O)O)cc(S(=O)(=O)O)cc4c3C2(C)CCCS(=O)(=O)O)N(CCCC(=O)On2c(O)ccc2O)c2ccc3c(S(=O)(=O)O)cc(S(=O)(=O)O)cc3c21. The maximum Gasteiger partial charge on any atom is 0.333 e. The fraction of sp³-hybridized carbons (Fsp3) is 0.458. The smallest absolute Gasteiger partial charge is 0.333 e. The summed E-state index contributed by atoms with van der Waals surface area (Å²) in [6, 6.07) is 11.3. The lowest BCUT2D eigenvalue weighted by Crippen LogP contribution is -2.33.